The molecule has 1 atom stereocenters. The Morgan fingerprint density at radius 1 is 1.41 bits per heavy atom. The highest BCUT2D eigenvalue weighted by Crippen LogP contribution is 2.21. The molecule has 22 heavy (non-hydrogen) atoms. The summed E-state index contributed by atoms with van der Waals surface area (Å²) in [6, 6.07) is 6.61. The van der Waals surface area contributed by atoms with Gasteiger partial charge in [-0.25, -0.2) is 9.37 Å². The molecule has 0 unspecified atom stereocenters. The highest BCUT2D eigenvalue weighted by atomic mass is 19.1. The first-order valence-electron chi connectivity index (χ1n) is 7.48. The fraction of sp³-hybridized carbons (Fsp3) is 0.438. The maximum absolute atomic E-state index is 13.9. The number of nitrogens with zero attached hydrogens (tertiary/aromatic N) is 5. The van der Waals surface area contributed by atoms with Gasteiger partial charge in [0.05, 0.1) is 11.6 Å². The lowest BCUT2D eigenvalue weighted by Gasteiger charge is -2.32. The summed E-state index contributed by atoms with van der Waals surface area (Å²) < 4.78 is 15.8. The number of aromatic nitrogens is 3. The number of nitriles is 1. The Morgan fingerprint density at radius 3 is 3.09 bits per heavy atom. The molecule has 1 aromatic carbocycles. The average molecular weight is 299 g/mol. The molecule has 0 aliphatic carbocycles. The molecule has 1 aliphatic rings. The molecule has 0 saturated carbocycles. The predicted molar refractivity (Wildman–Crippen MR) is 79.1 cm³/mol. The highest BCUT2D eigenvalue weighted by molar-refractivity contribution is 5.33. The number of halogens is 1. The van der Waals surface area contributed by atoms with Gasteiger partial charge in [0.2, 0.25) is 0 Å². The summed E-state index contributed by atoms with van der Waals surface area (Å²) in [7, 11) is 0. The third kappa shape index (κ3) is 3.49. The van der Waals surface area contributed by atoms with Crippen molar-refractivity contribution in [2.24, 2.45) is 5.92 Å². The van der Waals surface area contributed by atoms with Gasteiger partial charge in [-0.05, 0) is 43.5 Å². The molecule has 0 spiro atoms. The second-order valence-corrected chi connectivity index (χ2v) is 5.78. The molecule has 2 heterocycles. The minimum Gasteiger partial charge on any atom is -0.299 e. The Kier molecular flexibility index (Phi) is 4.45. The third-order valence-corrected chi connectivity index (χ3v) is 4.08. The van der Waals surface area contributed by atoms with Crippen LogP contribution in [-0.2, 0) is 13.1 Å². The number of likely N-dealkylation sites (tertiary alicyclic amines) is 1. The van der Waals surface area contributed by atoms with E-state index in [0.29, 0.717) is 23.6 Å². The van der Waals surface area contributed by atoms with Crippen LogP contribution in [0.4, 0.5) is 4.39 Å². The maximum atomic E-state index is 13.9. The molecule has 6 heteroatoms. The quantitative estimate of drug-likeness (QED) is 0.868. The van der Waals surface area contributed by atoms with Crippen molar-refractivity contribution < 1.29 is 4.39 Å². The largest absolute Gasteiger partial charge is 0.299 e. The maximum Gasteiger partial charge on any atom is 0.137 e. The van der Waals surface area contributed by atoms with E-state index in [-0.39, 0.29) is 5.82 Å². The second-order valence-electron chi connectivity index (χ2n) is 5.78. The van der Waals surface area contributed by atoms with Crippen LogP contribution < -0.4 is 0 Å². The zero-order valence-electron chi connectivity index (χ0n) is 12.3. The van der Waals surface area contributed by atoms with Gasteiger partial charge in [0.15, 0.2) is 0 Å². The van der Waals surface area contributed by atoms with E-state index in [2.05, 4.69) is 21.1 Å². The highest BCUT2D eigenvalue weighted by Gasteiger charge is 2.21. The van der Waals surface area contributed by atoms with Crippen LogP contribution in [0.5, 0.6) is 0 Å². The summed E-state index contributed by atoms with van der Waals surface area (Å²) in [6.45, 7) is 3.27. The van der Waals surface area contributed by atoms with E-state index < -0.39 is 0 Å². The fourth-order valence-electron chi connectivity index (χ4n) is 3.04. The van der Waals surface area contributed by atoms with Crippen LogP contribution in [0.3, 0.4) is 0 Å². The molecule has 1 aliphatic heterocycles. The summed E-state index contributed by atoms with van der Waals surface area (Å²) >= 11 is 0. The Hall–Kier alpha value is -2.26. The van der Waals surface area contributed by atoms with E-state index in [9.17, 15) is 4.39 Å². The Balaban J connectivity index is 1.64. The first-order chi connectivity index (χ1) is 10.7. The molecular weight excluding hydrogens is 281 g/mol. The summed E-state index contributed by atoms with van der Waals surface area (Å²) in [5, 5.41) is 13.1. The lowest BCUT2D eigenvalue weighted by molar-refractivity contribution is 0.152. The molecule has 3 rings (SSSR count). The van der Waals surface area contributed by atoms with Crippen molar-refractivity contribution in [1.29, 1.82) is 5.26 Å². The minimum atomic E-state index is -0.239. The van der Waals surface area contributed by atoms with Crippen molar-refractivity contribution in [1.82, 2.24) is 19.7 Å². The van der Waals surface area contributed by atoms with Gasteiger partial charge >= 0.3 is 0 Å². The van der Waals surface area contributed by atoms with Crippen molar-refractivity contribution in [3.05, 3.63) is 47.8 Å². The minimum absolute atomic E-state index is 0.239. The van der Waals surface area contributed by atoms with Crippen LogP contribution in [0.15, 0.2) is 30.9 Å². The molecule has 0 bridgehead atoms. The standard InChI is InChI=1S/C16H18FN5/c17-16-4-3-13(7-18)6-15(16)10-21-5-1-2-14(8-21)9-22-12-19-11-20-22/h3-4,6,11-12,14H,1-2,5,8-10H2/t14-/m0/s1. The van der Waals surface area contributed by atoms with E-state index in [4.69, 9.17) is 5.26 Å². The Labute approximate surface area is 129 Å². The molecule has 0 amide bonds. The van der Waals surface area contributed by atoms with Gasteiger partial charge in [0.1, 0.15) is 18.5 Å². The zero-order chi connectivity index (χ0) is 15.4. The molecule has 1 fully saturated rings. The smallest absolute Gasteiger partial charge is 0.137 e. The summed E-state index contributed by atoms with van der Waals surface area (Å²) in [6.07, 6.45) is 5.52. The molecule has 0 N–H and O–H groups in total. The van der Waals surface area contributed by atoms with Crippen LogP contribution in [0.1, 0.15) is 24.0 Å². The Morgan fingerprint density at radius 2 is 2.32 bits per heavy atom. The van der Waals surface area contributed by atoms with Crippen molar-refractivity contribution in [3.63, 3.8) is 0 Å². The molecule has 114 valence electrons. The van der Waals surface area contributed by atoms with Gasteiger partial charge in [0.25, 0.3) is 0 Å². The van der Waals surface area contributed by atoms with Crippen LogP contribution >= 0.6 is 0 Å². The lowest BCUT2D eigenvalue weighted by Crippen LogP contribution is -2.36. The van der Waals surface area contributed by atoms with Crippen molar-refractivity contribution in [3.8, 4) is 6.07 Å². The number of hydrogen-bond acceptors (Lipinski definition) is 4. The molecule has 2 aromatic rings. The first-order valence-corrected chi connectivity index (χ1v) is 7.48. The second kappa shape index (κ2) is 6.67. The van der Waals surface area contributed by atoms with Crippen molar-refractivity contribution in [2.45, 2.75) is 25.9 Å². The van der Waals surface area contributed by atoms with Gasteiger partial charge in [-0.3, -0.25) is 9.58 Å². The van der Waals surface area contributed by atoms with E-state index in [1.165, 1.54) is 12.1 Å². The fourth-order valence-corrected chi connectivity index (χ4v) is 3.04. The third-order valence-electron chi connectivity index (χ3n) is 4.08. The van der Waals surface area contributed by atoms with Crippen molar-refractivity contribution in [2.75, 3.05) is 13.1 Å². The summed E-state index contributed by atoms with van der Waals surface area (Å²) in [5.74, 6) is 0.259. The van der Waals surface area contributed by atoms with Crippen LogP contribution in [-0.4, -0.2) is 32.8 Å². The van der Waals surface area contributed by atoms with Gasteiger partial charge < -0.3 is 0 Å². The number of benzene rings is 1. The van der Waals surface area contributed by atoms with Gasteiger partial charge in [-0.1, -0.05) is 0 Å². The zero-order valence-corrected chi connectivity index (χ0v) is 12.3. The topological polar surface area (TPSA) is 57.7 Å². The lowest BCUT2D eigenvalue weighted by atomic mass is 9.97. The number of piperidine rings is 1. The summed E-state index contributed by atoms with van der Waals surface area (Å²) in [5.41, 5.74) is 1.10. The molecular formula is C16H18FN5. The van der Waals surface area contributed by atoms with Gasteiger partial charge in [-0.2, -0.15) is 10.4 Å². The van der Waals surface area contributed by atoms with Crippen LogP contribution in [0.25, 0.3) is 0 Å². The normalized spacial score (nSPS) is 19.0. The van der Waals surface area contributed by atoms with Crippen LogP contribution in [0.2, 0.25) is 0 Å². The van der Waals surface area contributed by atoms with Gasteiger partial charge in [-0.15, -0.1) is 0 Å². The number of rotatable bonds is 4. The van der Waals surface area contributed by atoms with Crippen molar-refractivity contribution >= 4 is 0 Å². The first kappa shape index (κ1) is 14.7. The van der Waals surface area contributed by atoms with E-state index in [1.807, 2.05) is 4.68 Å². The number of hydrogen-bond donors (Lipinski definition) is 0. The van der Waals surface area contributed by atoms with E-state index >= 15 is 0 Å². The Bertz CT molecular complexity index is 662. The monoisotopic (exact) mass is 299 g/mol. The van der Waals surface area contributed by atoms with Gasteiger partial charge in [0, 0.05) is 25.2 Å². The average Bonchev–Trinajstić information content (AvgIpc) is 3.03. The molecule has 1 aromatic heterocycles. The van der Waals surface area contributed by atoms with E-state index in [1.54, 1.807) is 18.7 Å². The summed E-state index contributed by atoms with van der Waals surface area (Å²) in [4.78, 5) is 6.22. The van der Waals surface area contributed by atoms with Crippen LogP contribution in [0, 0.1) is 23.1 Å². The van der Waals surface area contributed by atoms with E-state index in [0.717, 1.165) is 32.5 Å². The predicted octanol–water partition coefficient (Wildman–Crippen LogP) is 2.20. The SMILES string of the molecule is N#Cc1ccc(F)c(CN2CCC[C@H](Cn3cncn3)C2)c1. The molecule has 0 radical (unpaired) electrons. The molecule has 1 saturated heterocycles. The molecule has 5 nitrogen and oxygen atoms in total.